The predicted molar refractivity (Wildman–Crippen MR) is 129 cm³/mol. The smallest absolute Gasteiger partial charge is 0.287 e. The lowest BCUT2D eigenvalue weighted by Crippen LogP contribution is -2.34. The molecule has 0 saturated carbocycles. The van der Waals surface area contributed by atoms with Crippen LogP contribution in [0.5, 0.6) is 0 Å². The maximum absolute atomic E-state index is 12.4. The quantitative estimate of drug-likeness (QED) is 0.253. The number of pyridine rings is 1. The summed E-state index contributed by atoms with van der Waals surface area (Å²) in [5, 5.41) is 5.80. The summed E-state index contributed by atoms with van der Waals surface area (Å²) in [6, 6.07) is 17.9. The number of H-pyrrole nitrogens is 1. The molecule has 0 aliphatic carbocycles. The van der Waals surface area contributed by atoms with E-state index in [1.54, 1.807) is 42.6 Å². The summed E-state index contributed by atoms with van der Waals surface area (Å²) in [5.74, 6) is -0.921. The lowest BCUT2D eigenvalue weighted by Gasteiger charge is -2.07. The van der Waals surface area contributed by atoms with Crippen molar-refractivity contribution >= 4 is 40.2 Å². The monoisotopic (exact) mass is 475 g/mol. The Morgan fingerprint density at radius 3 is 2.53 bits per heavy atom. The number of amides is 2. The van der Waals surface area contributed by atoms with Crippen LogP contribution in [0.15, 0.2) is 66.9 Å². The zero-order chi connectivity index (χ0) is 23.9. The number of nitrogens with one attached hydrogen (secondary N) is 3. The number of para-hydroxylation sites is 2. The van der Waals surface area contributed by atoms with E-state index in [1.807, 2.05) is 24.3 Å². The molecule has 8 nitrogen and oxygen atoms in total. The van der Waals surface area contributed by atoms with Gasteiger partial charge < -0.3 is 15.6 Å². The fourth-order valence-electron chi connectivity index (χ4n) is 3.39. The minimum Gasteiger partial charge on any atom is -0.351 e. The summed E-state index contributed by atoms with van der Waals surface area (Å²) in [4.78, 5) is 48.3. The number of aromatic amines is 1. The van der Waals surface area contributed by atoms with Crippen molar-refractivity contribution < 1.29 is 14.4 Å². The van der Waals surface area contributed by atoms with Crippen molar-refractivity contribution in [2.75, 3.05) is 13.1 Å². The van der Waals surface area contributed by atoms with Gasteiger partial charge in [0.25, 0.3) is 11.8 Å². The Morgan fingerprint density at radius 2 is 1.74 bits per heavy atom. The third kappa shape index (κ3) is 5.65. The van der Waals surface area contributed by atoms with E-state index in [0.29, 0.717) is 40.6 Å². The summed E-state index contributed by atoms with van der Waals surface area (Å²) < 4.78 is 0. The molecule has 0 spiro atoms. The molecule has 3 N–H and O–H groups in total. The maximum atomic E-state index is 12.4. The Morgan fingerprint density at radius 1 is 0.941 bits per heavy atom. The number of nitrogens with zero attached hydrogens (tertiary/aromatic N) is 2. The number of halogens is 1. The van der Waals surface area contributed by atoms with Gasteiger partial charge in [0.05, 0.1) is 16.1 Å². The minimum absolute atomic E-state index is 0.0629. The van der Waals surface area contributed by atoms with Gasteiger partial charge in [-0.15, -0.1) is 0 Å². The Kier molecular flexibility index (Phi) is 7.29. The Bertz CT molecular complexity index is 1300. The SMILES string of the molecule is O=C(Cc1ccc(Cl)c(-c2nc3ccccc3[nH]2)c1)C(=O)NCCCNC(=O)c1ccccn1. The highest BCUT2D eigenvalue weighted by Crippen LogP contribution is 2.28. The van der Waals surface area contributed by atoms with Gasteiger partial charge in [-0.05, 0) is 48.4 Å². The van der Waals surface area contributed by atoms with Gasteiger partial charge in [-0.1, -0.05) is 35.9 Å². The number of imidazole rings is 1. The third-order valence-corrected chi connectivity index (χ3v) is 5.44. The normalized spacial score (nSPS) is 10.7. The maximum Gasteiger partial charge on any atom is 0.287 e. The second kappa shape index (κ2) is 10.7. The Balaban J connectivity index is 1.28. The van der Waals surface area contributed by atoms with Crippen LogP contribution in [0.25, 0.3) is 22.4 Å². The van der Waals surface area contributed by atoms with Crippen molar-refractivity contribution in [3.05, 3.63) is 83.1 Å². The Hall–Kier alpha value is -4.04. The lowest BCUT2D eigenvalue weighted by molar-refractivity contribution is -0.137. The second-order valence-corrected chi connectivity index (χ2v) is 8.00. The van der Waals surface area contributed by atoms with Crippen LogP contribution in [0, 0.1) is 0 Å². The molecule has 0 unspecified atom stereocenters. The van der Waals surface area contributed by atoms with E-state index in [2.05, 4.69) is 25.6 Å². The molecule has 2 heterocycles. The first-order valence-corrected chi connectivity index (χ1v) is 11.1. The third-order valence-electron chi connectivity index (χ3n) is 5.12. The van der Waals surface area contributed by atoms with E-state index in [1.165, 1.54) is 0 Å². The topological polar surface area (TPSA) is 117 Å². The molecule has 0 saturated heterocycles. The molecule has 4 aromatic rings. The fraction of sp³-hybridized carbons (Fsp3) is 0.160. The Labute approximate surface area is 200 Å². The number of rotatable bonds is 9. The highest BCUT2D eigenvalue weighted by Gasteiger charge is 2.16. The molecule has 34 heavy (non-hydrogen) atoms. The highest BCUT2D eigenvalue weighted by molar-refractivity contribution is 6.36. The number of carbonyl (C=O) groups is 3. The van der Waals surface area contributed by atoms with Crippen LogP contribution in [-0.2, 0) is 16.0 Å². The molecule has 2 aromatic heterocycles. The van der Waals surface area contributed by atoms with E-state index in [9.17, 15) is 14.4 Å². The first-order chi connectivity index (χ1) is 16.5. The van der Waals surface area contributed by atoms with Gasteiger partial charge in [-0.25, -0.2) is 4.98 Å². The number of aromatic nitrogens is 3. The van der Waals surface area contributed by atoms with Crippen molar-refractivity contribution in [2.24, 2.45) is 0 Å². The number of hydrogen-bond acceptors (Lipinski definition) is 5. The second-order valence-electron chi connectivity index (χ2n) is 7.60. The molecule has 0 atom stereocenters. The average Bonchev–Trinajstić information content (AvgIpc) is 3.29. The van der Waals surface area contributed by atoms with Gasteiger partial charge >= 0.3 is 0 Å². The largest absolute Gasteiger partial charge is 0.351 e. The van der Waals surface area contributed by atoms with Crippen molar-refractivity contribution in [1.82, 2.24) is 25.6 Å². The fourth-order valence-corrected chi connectivity index (χ4v) is 3.60. The first kappa shape index (κ1) is 23.1. The number of benzene rings is 2. The van der Waals surface area contributed by atoms with Crippen molar-refractivity contribution in [3.8, 4) is 11.4 Å². The van der Waals surface area contributed by atoms with E-state index >= 15 is 0 Å². The standard InChI is InChI=1S/C25H22ClN5O3/c26-18-10-9-16(14-17(18)23-30-19-6-1-2-7-20(19)31-23)15-22(32)25(34)29-13-5-12-28-24(33)21-8-3-4-11-27-21/h1-4,6-11,14H,5,12-13,15H2,(H,28,33)(H,29,34)(H,30,31). The molecule has 0 aliphatic rings. The molecule has 2 aromatic carbocycles. The number of Topliss-reactive ketones (excluding diaryl/α,β-unsaturated/α-hetero) is 1. The van der Waals surface area contributed by atoms with Gasteiger partial charge in [0, 0.05) is 31.3 Å². The van der Waals surface area contributed by atoms with E-state index in [0.717, 1.165) is 11.0 Å². The summed E-state index contributed by atoms with van der Waals surface area (Å²) in [7, 11) is 0. The number of ketones is 1. The summed E-state index contributed by atoms with van der Waals surface area (Å²) >= 11 is 6.36. The lowest BCUT2D eigenvalue weighted by atomic mass is 10.0. The van der Waals surface area contributed by atoms with Crippen LogP contribution in [-0.4, -0.2) is 45.6 Å². The van der Waals surface area contributed by atoms with Gasteiger partial charge in [0.1, 0.15) is 11.5 Å². The molecular weight excluding hydrogens is 454 g/mol. The molecule has 2 amide bonds. The number of hydrogen-bond donors (Lipinski definition) is 3. The van der Waals surface area contributed by atoms with Gasteiger partial charge in [0.2, 0.25) is 5.78 Å². The van der Waals surface area contributed by atoms with Crippen LogP contribution >= 0.6 is 11.6 Å². The van der Waals surface area contributed by atoms with E-state index in [4.69, 9.17) is 11.6 Å². The molecule has 0 radical (unpaired) electrons. The molecule has 0 bridgehead atoms. The van der Waals surface area contributed by atoms with Gasteiger partial charge in [0.15, 0.2) is 0 Å². The minimum atomic E-state index is -0.670. The van der Waals surface area contributed by atoms with Crippen LogP contribution < -0.4 is 10.6 Å². The predicted octanol–water partition coefficient (Wildman–Crippen LogP) is 3.33. The van der Waals surface area contributed by atoms with Gasteiger partial charge in [-0.3, -0.25) is 19.4 Å². The molecule has 9 heteroatoms. The van der Waals surface area contributed by atoms with Crippen molar-refractivity contribution in [1.29, 1.82) is 0 Å². The van der Waals surface area contributed by atoms with Crippen molar-refractivity contribution in [3.63, 3.8) is 0 Å². The van der Waals surface area contributed by atoms with Gasteiger partial charge in [-0.2, -0.15) is 0 Å². The molecule has 4 rings (SSSR count). The molecular formula is C25H22ClN5O3. The van der Waals surface area contributed by atoms with Crippen molar-refractivity contribution in [2.45, 2.75) is 12.8 Å². The number of fused-ring (bicyclic) bond motifs is 1. The highest BCUT2D eigenvalue weighted by atomic mass is 35.5. The molecule has 172 valence electrons. The van der Waals surface area contributed by atoms with E-state index in [-0.39, 0.29) is 18.9 Å². The summed E-state index contributed by atoms with van der Waals surface area (Å²) in [6.45, 7) is 0.611. The zero-order valence-electron chi connectivity index (χ0n) is 18.2. The van der Waals surface area contributed by atoms with E-state index < -0.39 is 11.7 Å². The van der Waals surface area contributed by atoms with Crippen LogP contribution in [0.4, 0.5) is 0 Å². The number of carbonyl (C=O) groups excluding carboxylic acids is 3. The zero-order valence-corrected chi connectivity index (χ0v) is 18.9. The summed E-state index contributed by atoms with van der Waals surface area (Å²) in [6.07, 6.45) is 1.96. The summed E-state index contributed by atoms with van der Waals surface area (Å²) in [5.41, 5.74) is 3.33. The molecule has 0 fully saturated rings. The first-order valence-electron chi connectivity index (χ1n) is 10.7. The average molecular weight is 476 g/mol. The van der Waals surface area contributed by atoms with Crippen LogP contribution in [0.1, 0.15) is 22.5 Å². The van der Waals surface area contributed by atoms with Crippen LogP contribution in [0.3, 0.4) is 0 Å². The molecule has 0 aliphatic heterocycles. The van der Waals surface area contributed by atoms with Crippen LogP contribution in [0.2, 0.25) is 5.02 Å².